The van der Waals surface area contributed by atoms with E-state index in [1.807, 2.05) is 20.8 Å². The number of hydrogen-bond donors (Lipinski definition) is 1. The first-order valence-corrected chi connectivity index (χ1v) is 9.69. The lowest BCUT2D eigenvalue weighted by atomic mass is 10.1. The largest absolute Gasteiger partial charge is 0.351 e. The molecule has 1 amide bonds. The van der Waals surface area contributed by atoms with Crippen molar-refractivity contribution >= 4 is 29.0 Å². The van der Waals surface area contributed by atoms with Crippen LogP contribution in [0, 0.1) is 0 Å². The highest BCUT2D eigenvalue weighted by Gasteiger charge is 2.30. The summed E-state index contributed by atoms with van der Waals surface area (Å²) in [5.41, 5.74) is -0.202. The SMILES string of the molecule is CC(C)(C)NC(=O)CSc1nnc(Cc2cccs2)n1C1CC1. The van der Waals surface area contributed by atoms with Gasteiger partial charge in [0.25, 0.3) is 0 Å². The zero-order valence-electron chi connectivity index (χ0n) is 13.7. The van der Waals surface area contributed by atoms with Gasteiger partial charge in [0, 0.05) is 22.9 Å². The van der Waals surface area contributed by atoms with Crippen molar-refractivity contribution < 1.29 is 4.79 Å². The second-order valence-electron chi connectivity index (χ2n) is 6.84. The second kappa shape index (κ2) is 6.65. The topological polar surface area (TPSA) is 59.8 Å². The van der Waals surface area contributed by atoms with Crippen molar-refractivity contribution in [2.24, 2.45) is 0 Å². The van der Waals surface area contributed by atoms with Crippen molar-refractivity contribution in [3.05, 3.63) is 28.2 Å². The van der Waals surface area contributed by atoms with E-state index in [9.17, 15) is 4.79 Å². The van der Waals surface area contributed by atoms with Crippen LogP contribution in [0.5, 0.6) is 0 Å². The molecule has 2 aromatic rings. The Balaban J connectivity index is 1.68. The summed E-state index contributed by atoms with van der Waals surface area (Å²) >= 11 is 3.22. The Morgan fingerprint density at radius 2 is 2.22 bits per heavy atom. The van der Waals surface area contributed by atoms with Crippen LogP contribution in [0.15, 0.2) is 22.7 Å². The molecule has 2 aromatic heterocycles. The molecule has 3 rings (SSSR count). The first-order valence-electron chi connectivity index (χ1n) is 7.82. The van der Waals surface area contributed by atoms with Gasteiger partial charge in [0.1, 0.15) is 5.82 Å². The highest BCUT2D eigenvalue weighted by Crippen LogP contribution is 2.39. The van der Waals surface area contributed by atoms with E-state index in [4.69, 9.17) is 0 Å². The number of hydrogen-bond acceptors (Lipinski definition) is 5. The number of amides is 1. The Kier molecular flexibility index (Phi) is 4.77. The lowest BCUT2D eigenvalue weighted by molar-refractivity contribution is -0.119. The van der Waals surface area contributed by atoms with Crippen molar-refractivity contribution in [3.63, 3.8) is 0 Å². The summed E-state index contributed by atoms with van der Waals surface area (Å²) in [5.74, 6) is 1.42. The minimum Gasteiger partial charge on any atom is -0.351 e. The summed E-state index contributed by atoms with van der Waals surface area (Å²) in [6.45, 7) is 5.96. The first kappa shape index (κ1) is 16.5. The van der Waals surface area contributed by atoms with Crippen LogP contribution in [-0.4, -0.2) is 32.0 Å². The van der Waals surface area contributed by atoms with Gasteiger partial charge in [-0.05, 0) is 45.1 Å². The van der Waals surface area contributed by atoms with E-state index in [1.165, 1.54) is 29.5 Å². The average molecular weight is 351 g/mol. The maximum atomic E-state index is 12.0. The van der Waals surface area contributed by atoms with E-state index in [-0.39, 0.29) is 11.4 Å². The molecule has 1 N–H and O–H groups in total. The van der Waals surface area contributed by atoms with Gasteiger partial charge in [-0.3, -0.25) is 4.79 Å². The summed E-state index contributed by atoms with van der Waals surface area (Å²) in [7, 11) is 0. The highest BCUT2D eigenvalue weighted by molar-refractivity contribution is 7.99. The standard InChI is InChI=1S/C16H22N4OS2/c1-16(2,3)17-14(21)10-23-15-19-18-13(20(15)11-6-7-11)9-12-5-4-8-22-12/h4-5,8,11H,6-7,9-10H2,1-3H3,(H,17,21). The Labute approximate surface area is 144 Å². The monoisotopic (exact) mass is 350 g/mol. The lowest BCUT2D eigenvalue weighted by Crippen LogP contribution is -2.41. The molecule has 1 fully saturated rings. The Hall–Kier alpha value is -1.34. The summed E-state index contributed by atoms with van der Waals surface area (Å²) in [6.07, 6.45) is 3.17. The molecule has 7 heteroatoms. The summed E-state index contributed by atoms with van der Waals surface area (Å²) in [5, 5.41) is 14.6. The van der Waals surface area contributed by atoms with Crippen molar-refractivity contribution in [2.75, 3.05) is 5.75 Å². The molecule has 0 unspecified atom stereocenters. The van der Waals surface area contributed by atoms with Crippen molar-refractivity contribution in [2.45, 2.75) is 56.8 Å². The van der Waals surface area contributed by atoms with Gasteiger partial charge in [-0.25, -0.2) is 0 Å². The third-order valence-electron chi connectivity index (χ3n) is 3.41. The summed E-state index contributed by atoms with van der Waals surface area (Å²) in [6, 6.07) is 4.69. The molecular weight excluding hydrogens is 328 g/mol. The molecule has 23 heavy (non-hydrogen) atoms. The molecule has 0 saturated heterocycles. The van der Waals surface area contributed by atoms with Crippen LogP contribution in [0.4, 0.5) is 0 Å². The number of nitrogens with zero attached hydrogens (tertiary/aromatic N) is 3. The van der Waals surface area contributed by atoms with Gasteiger partial charge in [-0.2, -0.15) is 0 Å². The third-order valence-corrected chi connectivity index (χ3v) is 5.23. The average Bonchev–Trinajstić information content (AvgIpc) is 3.00. The minimum atomic E-state index is -0.202. The highest BCUT2D eigenvalue weighted by atomic mass is 32.2. The number of rotatable bonds is 6. The number of nitrogens with one attached hydrogen (secondary N) is 1. The zero-order valence-corrected chi connectivity index (χ0v) is 15.3. The van der Waals surface area contributed by atoms with Crippen LogP contribution < -0.4 is 5.32 Å². The van der Waals surface area contributed by atoms with Crippen molar-refractivity contribution in [3.8, 4) is 0 Å². The molecule has 1 aliphatic carbocycles. The van der Waals surface area contributed by atoms with Gasteiger partial charge < -0.3 is 9.88 Å². The molecule has 1 saturated carbocycles. The Morgan fingerprint density at radius 1 is 1.43 bits per heavy atom. The van der Waals surface area contributed by atoms with Crippen LogP contribution in [-0.2, 0) is 11.2 Å². The van der Waals surface area contributed by atoms with Gasteiger partial charge in [0.15, 0.2) is 5.16 Å². The Bertz CT molecular complexity index is 669. The zero-order chi connectivity index (χ0) is 16.4. The molecule has 5 nitrogen and oxygen atoms in total. The maximum absolute atomic E-state index is 12.0. The third kappa shape index (κ3) is 4.57. The number of thiophene rings is 1. The van der Waals surface area contributed by atoms with Gasteiger partial charge in [0.2, 0.25) is 5.91 Å². The van der Waals surface area contributed by atoms with Crippen LogP contribution in [0.1, 0.15) is 50.4 Å². The second-order valence-corrected chi connectivity index (χ2v) is 8.82. The van der Waals surface area contributed by atoms with Crippen LogP contribution in [0.25, 0.3) is 0 Å². The fourth-order valence-electron chi connectivity index (χ4n) is 2.38. The quantitative estimate of drug-likeness (QED) is 0.812. The number of carbonyl (C=O) groups is 1. The molecule has 0 bridgehead atoms. The molecule has 0 spiro atoms. The normalized spacial score (nSPS) is 14.9. The molecule has 0 aromatic carbocycles. The van der Waals surface area contributed by atoms with E-state index >= 15 is 0 Å². The fraction of sp³-hybridized carbons (Fsp3) is 0.562. The molecule has 0 atom stereocenters. The predicted molar refractivity (Wildman–Crippen MR) is 94.0 cm³/mol. The Morgan fingerprint density at radius 3 is 2.83 bits per heavy atom. The van der Waals surface area contributed by atoms with Gasteiger partial charge >= 0.3 is 0 Å². The van der Waals surface area contributed by atoms with Crippen LogP contribution in [0.3, 0.4) is 0 Å². The van der Waals surface area contributed by atoms with E-state index in [2.05, 4.69) is 37.6 Å². The van der Waals surface area contributed by atoms with Crippen LogP contribution in [0.2, 0.25) is 0 Å². The van der Waals surface area contributed by atoms with Gasteiger partial charge in [0.05, 0.1) is 5.75 Å². The number of carbonyl (C=O) groups excluding carboxylic acids is 1. The summed E-state index contributed by atoms with van der Waals surface area (Å²) < 4.78 is 2.23. The molecule has 0 radical (unpaired) electrons. The van der Waals surface area contributed by atoms with E-state index in [1.54, 1.807) is 11.3 Å². The van der Waals surface area contributed by atoms with Crippen molar-refractivity contribution in [1.29, 1.82) is 0 Å². The molecule has 2 heterocycles. The predicted octanol–water partition coefficient (Wildman–Crippen LogP) is 3.27. The molecule has 124 valence electrons. The summed E-state index contributed by atoms with van der Waals surface area (Å²) in [4.78, 5) is 13.3. The lowest BCUT2D eigenvalue weighted by Gasteiger charge is -2.20. The van der Waals surface area contributed by atoms with Gasteiger partial charge in [-0.15, -0.1) is 21.5 Å². The van der Waals surface area contributed by atoms with E-state index in [0.717, 1.165) is 17.4 Å². The van der Waals surface area contributed by atoms with Crippen LogP contribution >= 0.6 is 23.1 Å². The fourth-order valence-corrected chi connectivity index (χ4v) is 3.91. The van der Waals surface area contributed by atoms with E-state index in [0.29, 0.717) is 11.8 Å². The number of thioether (sulfide) groups is 1. The molecular formula is C16H22N4OS2. The molecule has 1 aliphatic rings. The first-order chi connectivity index (χ1) is 10.9. The smallest absolute Gasteiger partial charge is 0.230 e. The van der Waals surface area contributed by atoms with Gasteiger partial charge in [-0.1, -0.05) is 17.8 Å². The molecule has 0 aliphatic heterocycles. The maximum Gasteiger partial charge on any atom is 0.230 e. The van der Waals surface area contributed by atoms with Crippen molar-refractivity contribution in [1.82, 2.24) is 20.1 Å². The minimum absolute atomic E-state index is 0.0349. The number of aromatic nitrogens is 3. The van der Waals surface area contributed by atoms with E-state index < -0.39 is 0 Å².